The predicted molar refractivity (Wildman–Crippen MR) is 83.3 cm³/mol. The summed E-state index contributed by atoms with van der Waals surface area (Å²) in [6, 6.07) is 10.2. The summed E-state index contributed by atoms with van der Waals surface area (Å²) in [6.45, 7) is 13.0. The lowest BCUT2D eigenvalue weighted by atomic mass is 10.2. The Morgan fingerprint density at radius 3 is 1.89 bits per heavy atom. The molecule has 0 aromatic heterocycles. The number of benzene rings is 1. The van der Waals surface area contributed by atoms with Gasteiger partial charge in [-0.25, -0.2) is 0 Å². The first-order valence-electron chi connectivity index (χ1n) is 6.30. The van der Waals surface area contributed by atoms with Crippen LogP contribution in [0.2, 0.25) is 39.3 Å². The highest BCUT2D eigenvalue weighted by atomic mass is 28.4. The average molecular weight is 281 g/mol. The molecule has 0 heterocycles. The molecule has 100 valence electrons. The topological polar surface area (TPSA) is 18.5 Å². The van der Waals surface area contributed by atoms with Gasteiger partial charge in [0.15, 0.2) is 0 Å². The second kappa shape index (κ2) is 5.76. The van der Waals surface area contributed by atoms with Crippen LogP contribution in [0.25, 0.3) is 5.76 Å². The Hall–Kier alpha value is -1.01. The molecule has 0 aliphatic carbocycles. The summed E-state index contributed by atoms with van der Waals surface area (Å²) in [5, 5.41) is 0. The van der Waals surface area contributed by atoms with Crippen LogP contribution in [0.15, 0.2) is 36.6 Å². The molecule has 0 bridgehead atoms. The predicted octanol–water partition coefficient (Wildman–Crippen LogP) is 4.69. The molecule has 1 rings (SSSR count). The van der Waals surface area contributed by atoms with Gasteiger partial charge < -0.3 is 8.85 Å². The summed E-state index contributed by atoms with van der Waals surface area (Å²) >= 11 is 0. The fourth-order valence-electron chi connectivity index (χ4n) is 1.31. The van der Waals surface area contributed by atoms with Gasteiger partial charge in [0.1, 0.15) is 12.0 Å². The third-order valence-electron chi connectivity index (χ3n) is 1.99. The number of rotatable bonds is 5. The van der Waals surface area contributed by atoms with Crippen molar-refractivity contribution in [3.63, 3.8) is 0 Å². The fraction of sp³-hybridized carbons (Fsp3) is 0.429. The molecule has 0 aliphatic rings. The zero-order valence-corrected chi connectivity index (χ0v) is 14.3. The molecule has 4 heteroatoms. The molecule has 0 N–H and O–H groups in total. The monoisotopic (exact) mass is 280 g/mol. The van der Waals surface area contributed by atoms with Gasteiger partial charge in [-0.3, -0.25) is 0 Å². The van der Waals surface area contributed by atoms with E-state index in [0.29, 0.717) is 0 Å². The Bertz CT molecular complexity index is 400. The second-order valence-electron chi connectivity index (χ2n) is 6.29. The van der Waals surface area contributed by atoms with Crippen LogP contribution in [0.3, 0.4) is 0 Å². The third-order valence-corrected chi connectivity index (χ3v) is 3.65. The Labute approximate surface area is 113 Å². The zero-order valence-electron chi connectivity index (χ0n) is 12.3. The quantitative estimate of drug-likeness (QED) is 0.575. The molecule has 0 fully saturated rings. The van der Waals surface area contributed by atoms with Crippen LogP contribution in [0.1, 0.15) is 5.56 Å². The van der Waals surface area contributed by atoms with Crippen molar-refractivity contribution in [2.75, 3.05) is 0 Å². The highest BCUT2D eigenvalue weighted by molar-refractivity contribution is 6.71. The van der Waals surface area contributed by atoms with E-state index in [1.807, 2.05) is 18.2 Å². The van der Waals surface area contributed by atoms with Gasteiger partial charge in [0.25, 0.3) is 0 Å². The molecule has 2 nitrogen and oxygen atoms in total. The molecule has 0 saturated carbocycles. The first-order chi connectivity index (χ1) is 8.17. The molecule has 0 saturated heterocycles. The summed E-state index contributed by atoms with van der Waals surface area (Å²) < 4.78 is 12.0. The van der Waals surface area contributed by atoms with Crippen LogP contribution >= 0.6 is 0 Å². The lowest BCUT2D eigenvalue weighted by molar-refractivity contribution is 0.440. The SMILES string of the molecule is C[Si](C)(C)OC=C(O[Si](C)(C)C)c1ccccc1. The first kappa shape index (κ1) is 15.1. The van der Waals surface area contributed by atoms with Crippen molar-refractivity contribution in [1.29, 1.82) is 0 Å². The fourth-order valence-corrected chi connectivity index (χ4v) is 2.60. The van der Waals surface area contributed by atoms with Gasteiger partial charge in [-0.15, -0.1) is 0 Å². The van der Waals surface area contributed by atoms with Crippen molar-refractivity contribution in [2.45, 2.75) is 39.3 Å². The van der Waals surface area contributed by atoms with Crippen LogP contribution in [0.5, 0.6) is 0 Å². The van der Waals surface area contributed by atoms with Gasteiger partial charge >= 0.3 is 0 Å². The minimum absolute atomic E-state index is 0.859. The Morgan fingerprint density at radius 1 is 0.889 bits per heavy atom. The summed E-state index contributed by atoms with van der Waals surface area (Å²) in [5.41, 5.74) is 1.08. The van der Waals surface area contributed by atoms with E-state index in [1.54, 1.807) is 6.26 Å². The van der Waals surface area contributed by atoms with E-state index in [2.05, 4.69) is 51.4 Å². The second-order valence-corrected chi connectivity index (χ2v) is 15.2. The van der Waals surface area contributed by atoms with E-state index in [-0.39, 0.29) is 0 Å². The molecule has 0 radical (unpaired) electrons. The van der Waals surface area contributed by atoms with Crippen molar-refractivity contribution in [1.82, 2.24) is 0 Å². The zero-order chi connectivity index (χ0) is 13.8. The maximum Gasteiger partial charge on any atom is 0.242 e. The molecular weight excluding hydrogens is 256 g/mol. The summed E-state index contributed by atoms with van der Waals surface area (Å²) in [6.07, 6.45) is 1.81. The molecule has 0 spiro atoms. The Kier molecular flexibility index (Phi) is 4.81. The minimum Gasteiger partial charge on any atom is -0.547 e. The molecule has 1 aromatic rings. The maximum absolute atomic E-state index is 6.12. The van der Waals surface area contributed by atoms with Crippen LogP contribution in [0.4, 0.5) is 0 Å². The molecular formula is C14H24O2Si2. The van der Waals surface area contributed by atoms with Gasteiger partial charge in [0, 0.05) is 5.56 Å². The molecule has 0 unspecified atom stereocenters. The highest BCUT2D eigenvalue weighted by Gasteiger charge is 2.20. The van der Waals surface area contributed by atoms with Crippen molar-refractivity contribution < 1.29 is 8.85 Å². The van der Waals surface area contributed by atoms with Crippen molar-refractivity contribution in [2.24, 2.45) is 0 Å². The van der Waals surface area contributed by atoms with Crippen LogP contribution in [0, 0.1) is 0 Å². The number of hydrogen-bond donors (Lipinski definition) is 0. The summed E-state index contributed by atoms with van der Waals surface area (Å²) in [5.74, 6) is 0.859. The van der Waals surface area contributed by atoms with Gasteiger partial charge in [-0.05, 0) is 39.3 Å². The van der Waals surface area contributed by atoms with E-state index in [9.17, 15) is 0 Å². The van der Waals surface area contributed by atoms with E-state index >= 15 is 0 Å². The molecule has 1 aromatic carbocycles. The average Bonchev–Trinajstić information content (AvgIpc) is 2.23. The number of hydrogen-bond acceptors (Lipinski definition) is 2. The normalized spacial score (nSPS) is 13.3. The van der Waals surface area contributed by atoms with E-state index < -0.39 is 16.6 Å². The Morgan fingerprint density at radius 2 is 1.44 bits per heavy atom. The summed E-state index contributed by atoms with van der Waals surface area (Å²) in [7, 11) is -3.20. The molecule has 0 amide bonds. The van der Waals surface area contributed by atoms with Gasteiger partial charge in [0.2, 0.25) is 16.6 Å². The molecule has 18 heavy (non-hydrogen) atoms. The van der Waals surface area contributed by atoms with Crippen molar-refractivity contribution in [3.8, 4) is 0 Å². The van der Waals surface area contributed by atoms with Crippen LogP contribution in [-0.2, 0) is 8.85 Å². The van der Waals surface area contributed by atoms with Crippen LogP contribution < -0.4 is 0 Å². The Balaban J connectivity index is 2.96. The van der Waals surface area contributed by atoms with Gasteiger partial charge in [-0.2, -0.15) is 0 Å². The van der Waals surface area contributed by atoms with Crippen molar-refractivity contribution >= 4 is 22.4 Å². The van der Waals surface area contributed by atoms with Crippen molar-refractivity contribution in [3.05, 3.63) is 42.2 Å². The van der Waals surface area contributed by atoms with E-state index in [0.717, 1.165) is 11.3 Å². The van der Waals surface area contributed by atoms with Crippen LogP contribution in [-0.4, -0.2) is 16.6 Å². The largest absolute Gasteiger partial charge is 0.547 e. The van der Waals surface area contributed by atoms with Gasteiger partial charge in [-0.1, -0.05) is 30.3 Å². The maximum atomic E-state index is 6.12. The third kappa shape index (κ3) is 6.07. The molecule has 0 aliphatic heterocycles. The smallest absolute Gasteiger partial charge is 0.242 e. The van der Waals surface area contributed by atoms with E-state index in [4.69, 9.17) is 8.85 Å². The van der Waals surface area contributed by atoms with Gasteiger partial charge in [0.05, 0.1) is 0 Å². The summed E-state index contributed by atoms with van der Waals surface area (Å²) in [4.78, 5) is 0. The minimum atomic E-state index is -1.63. The lowest BCUT2D eigenvalue weighted by Gasteiger charge is -2.24. The highest BCUT2D eigenvalue weighted by Crippen LogP contribution is 2.22. The first-order valence-corrected chi connectivity index (χ1v) is 13.1. The standard InChI is InChI=1S/C14H24O2Si2/c1-17(2,3)15-12-14(16-18(4,5)6)13-10-8-7-9-11-13/h7-12H,1-6H3. The molecule has 0 atom stereocenters. The lowest BCUT2D eigenvalue weighted by Crippen LogP contribution is -2.26. The van der Waals surface area contributed by atoms with E-state index in [1.165, 1.54) is 0 Å².